The Labute approximate surface area is 95.5 Å². The first-order valence-corrected chi connectivity index (χ1v) is 5.48. The summed E-state index contributed by atoms with van der Waals surface area (Å²) in [6.45, 7) is 3.06. The third kappa shape index (κ3) is 2.87. The maximum atomic E-state index is 5.68. The number of hydrogen-bond donors (Lipinski definition) is 1. The molecule has 0 spiro atoms. The highest BCUT2D eigenvalue weighted by atomic mass is 16.5. The smallest absolute Gasteiger partial charge is 0.161 e. The molecule has 16 heavy (non-hydrogen) atoms. The van der Waals surface area contributed by atoms with Gasteiger partial charge in [-0.25, -0.2) is 0 Å². The molecule has 0 saturated carbocycles. The topological polar surface area (TPSA) is 39.7 Å². The van der Waals surface area contributed by atoms with Gasteiger partial charge in [0.1, 0.15) is 12.7 Å². The molecule has 4 nitrogen and oxygen atoms in total. The molecule has 1 N–H and O–H groups in total. The van der Waals surface area contributed by atoms with Crippen LogP contribution in [-0.2, 0) is 4.74 Å². The van der Waals surface area contributed by atoms with Gasteiger partial charge in [0.05, 0.1) is 13.7 Å². The van der Waals surface area contributed by atoms with Crippen LogP contribution in [0, 0.1) is 0 Å². The summed E-state index contributed by atoms with van der Waals surface area (Å²) >= 11 is 0. The van der Waals surface area contributed by atoms with Crippen LogP contribution in [0.1, 0.15) is 0 Å². The standard InChI is InChI=1S/C12H17NO3/c1-14-11-4-2-3-5-12(11)16-9-10-8-13-6-7-15-10/h2-5,10,13H,6-9H2,1H3/t10-/m1/s1. The average Bonchev–Trinajstić information content (AvgIpc) is 2.38. The van der Waals surface area contributed by atoms with Gasteiger partial charge in [-0.2, -0.15) is 0 Å². The van der Waals surface area contributed by atoms with Crippen molar-refractivity contribution in [1.29, 1.82) is 0 Å². The van der Waals surface area contributed by atoms with Gasteiger partial charge in [0, 0.05) is 13.1 Å². The molecule has 2 rings (SSSR count). The molecule has 1 saturated heterocycles. The second-order valence-corrected chi connectivity index (χ2v) is 3.66. The van der Waals surface area contributed by atoms with Gasteiger partial charge < -0.3 is 19.5 Å². The average molecular weight is 223 g/mol. The van der Waals surface area contributed by atoms with E-state index in [0.29, 0.717) is 6.61 Å². The number of para-hydroxylation sites is 2. The molecule has 4 heteroatoms. The summed E-state index contributed by atoms with van der Waals surface area (Å²) < 4.78 is 16.4. The van der Waals surface area contributed by atoms with Crippen LogP contribution in [0.4, 0.5) is 0 Å². The van der Waals surface area contributed by atoms with Gasteiger partial charge in [-0.1, -0.05) is 12.1 Å². The summed E-state index contributed by atoms with van der Waals surface area (Å²) in [5.74, 6) is 1.52. The molecule has 1 atom stereocenters. The first-order chi connectivity index (χ1) is 7.90. The molecule has 0 aliphatic carbocycles. The Balaban J connectivity index is 1.88. The van der Waals surface area contributed by atoms with E-state index in [1.807, 2.05) is 24.3 Å². The van der Waals surface area contributed by atoms with E-state index in [4.69, 9.17) is 14.2 Å². The number of hydrogen-bond acceptors (Lipinski definition) is 4. The van der Waals surface area contributed by atoms with Gasteiger partial charge >= 0.3 is 0 Å². The lowest BCUT2D eigenvalue weighted by Gasteiger charge is -2.23. The van der Waals surface area contributed by atoms with Crippen LogP contribution in [0.15, 0.2) is 24.3 Å². The van der Waals surface area contributed by atoms with Crippen LogP contribution in [0.5, 0.6) is 11.5 Å². The zero-order chi connectivity index (χ0) is 11.2. The highest BCUT2D eigenvalue weighted by Gasteiger charge is 2.14. The number of ether oxygens (including phenoxy) is 3. The normalized spacial score (nSPS) is 20.4. The largest absolute Gasteiger partial charge is 0.493 e. The minimum absolute atomic E-state index is 0.124. The molecule has 1 aliphatic rings. The second-order valence-electron chi connectivity index (χ2n) is 3.66. The van der Waals surface area contributed by atoms with Crippen LogP contribution in [0.2, 0.25) is 0 Å². The Morgan fingerprint density at radius 3 is 2.88 bits per heavy atom. The van der Waals surface area contributed by atoms with Crippen LogP contribution >= 0.6 is 0 Å². The molecule has 1 heterocycles. The number of rotatable bonds is 4. The zero-order valence-corrected chi connectivity index (χ0v) is 9.44. The third-order valence-corrected chi connectivity index (χ3v) is 2.50. The van der Waals surface area contributed by atoms with Gasteiger partial charge in [-0.3, -0.25) is 0 Å². The lowest BCUT2D eigenvalue weighted by molar-refractivity contribution is -0.000263. The van der Waals surface area contributed by atoms with E-state index in [-0.39, 0.29) is 6.10 Å². The number of benzene rings is 1. The van der Waals surface area contributed by atoms with Crippen molar-refractivity contribution < 1.29 is 14.2 Å². The number of methoxy groups -OCH3 is 1. The molecular weight excluding hydrogens is 206 g/mol. The van der Waals surface area contributed by atoms with Crippen molar-refractivity contribution >= 4 is 0 Å². The maximum absolute atomic E-state index is 5.68. The summed E-state index contributed by atoms with van der Waals surface area (Å²) in [5.41, 5.74) is 0. The lowest BCUT2D eigenvalue weighted by atomic mass is 10.3. The fourth-order valence-corrected chi connectivity index (χ4v) is 1.65. The van der Waals surface area contributed by atoms with E-state index in [1.54, 1.807) is 7.11 Å². The van der Waals surface area contributed by atoms with Gasteiger partial charge in [0.2, 0.25) is 0 Å². The Hall–Kier alpha value is -1.26. The zero-order valence-electron chi connectivity index (χ0n) is 9.44. The summed E-state index contributed by atoms with van der Waals surface area (Å²) in [5, 5.41) is 3.26. The Morgan fingerprint density at radius 2 is 2.19 bits per heavy atom. The van der Waals surface area contributed by atoms with Gasteiger partial charge in [0.25, 0.3) is 0 Å². The van der Waals surface area contributed by atoms with E-state index in [0.717, 1.165) is 31.2 Å². The predicted molar refractivity (Wildman–Crippen MR) is 61.1 cm³/mol. The van der Waals surface area contributed by atoms with Crippen LogP contribution in [0.25, 0.3) is 0 Å². The predicted octanol–water partition coefficient (Wildman–Crippen LogP) is 1.06. The fraction of sp³-hybridized carbons (Fsp3) is 0.500. The van der Waals surface area contributed by atoms with Crippen molar-refractivity contribution in [3.63, 3.8) is 0 Å². The quantitative estimate of drug-likeness (QED) is 0.828. The Morgan fingerprint density at radius 1 is 1.38 bits per heavy atom. The molecule has 1 aromatic carbocycles. The minimum atomic E-state index is 0.124. The summed E-state index contributed by atoms with van der Waals surface area (Å²) in [4.78, 5) is 0. The lowest BCUT2D eigenvalue weighted by Crippen LogP contribution is -2.41. The van der Waals surface area contributed by atoms with Crippen LogP contribution in [-0.4, -0.2) is 39.5 Å². The Bertz CT molecular complexity index is 324. The summed E-state index contributed by atoms with van der Waals surface area (Å²) in [7, 11) is 1.64. The summed E-state index contributed by atoms with van der Waals surface area (Å²) in [6, 6.07) is 7.63. The maximum Gasteiger partial charge on any atom is 0.161 e. The molecule has 88 valence electrons. The number of nitrogens with one attached hydrogen (secondary N) is 1. The van der Waals surface area contributed by atoms with Crippen LogP contribution < -0.4 is 14.8 Å². The molecule has 1 fully saturated rings. The molecule has 0 radical (unpaired) electrons. The van der Waals surface area contributed by atoms with E-state index in [1.165, 1.54) is 0 Å². The van der Waals surface area contributed by atoms with Gasteiger partial charge in [-0.05, 0) is 12.1 Å². The minimum Gasteiger partial charge on any atom is -0.493 e. The van der Waals surface area contributed by atoms with Gasteiger partial charge in [-0.15, -0.1) is 0 Å². The molecule has 1 aromatic rings. The van der Waals surface area contributed by atoms with Crippen molar-refractivity contribution in [3.05, 3.63) is 24.3 Å². The van der Waals surface area contributed by atoms with Gasteiger partial charge in [0.15, 0.2) is 11.5 Å². The van der Waals surface area contributed by atoms with Crippen molar-refractivity contribution in [1.82, 2.24) is 5.32 Å². The molecule has 0 bridgehead atoms. The Kier molecular flexibility index (Phi) is 4.02. The second kappa shape index (κ2) is 5.72. The van der Waals surface area contributed by atoms with E-state index in [9.17, 15) is 0 Å². The monoisotopic (exact) mass is 223 g/mol. The summed E-state index contributed by atoms with van der Waals surface area (Å²) in [6.07, 6.45) is 0.124. The molecule has 1 aliphatic heterocycles. The fourth-order valence-electron chi connectivity index (χ4n) is 1.65. The highest BCUT2D eigenvalue weighted by molar-refractivity contribution is 5.39. The third-order valence-electron chi connectivity index (χ3n) is 2.50. The molecular formula is C12H17NO3. The van der Waals surface area contributed by atoms with Crippen molar-refractivity contribution in [3.8, 4) is 11.5 Å². The molecule has 0 amide bonds. The number of morpholine rings is 1. The van der Waals surface area contributed by atoms with E-state index in [2.05, 4.69) is 5.32 Å². The van der Waals surface area contributed by atoms with E-state index < -0.39 is 0 Å². The SMILES string of the molecule is COc1ccccc1OC[C@H]1CNCCO1. The first-order valence-electron chi connectivity index (χ1n) is 5.48. The van der Waals surface area contributed by atoms with Crippen LogP contribution in [0.3, 0.4) is 0 Å². The van der Waals surface area contributed by atoms with Crippen molar-refractivity contribution in [2.24, 2.45) is 0 Å². The molecule has 0 aromatic heterocycles. The van der Waals surface area contributed by atoms with Crippen molar-refractivity contribution in [2.45, 2.75) is 6.10 Å². The van der Waals surface area contributed by atoms with Crippen molar-refractivity contribution in [2.75, 3.05) is 33.4 Å². The van der Waals surface area contributed by atoms with E-state index >= 15 is 0 Å². The first kappa shape index (κ1) is 11.2. The highest BCUT2D eigenvalue weighted by Crippen LogP contribution is 2.25. The molecule has 0 unspecified atom stereocenters.